The van der Waals surface area contributed by atoms with E-state index in [2.05, 4.69) is 15.1 Å². The highest BCUT2D eigenvalue weighted by molar-refractivity contribution is 5.71. The van der Waals surface area contributed by atoms with Crippen LogP contribution in [0.3, 0.4) is 0 Å². The Balaban J connectivity index is 1.73. The van der Waals surface area contributed by atoms with E-state index in [0.717, 1.165) is 19.3 Å². The molecular weight excluding hydrogens is 258 g/mol. The lowest BCUT2D eigenvalue weighted by Gasteiger charge is -2.20. The van der Waals surface area contributed by atoms with E-state index in [4.69, 9.17) is 4.42 Å². The van der Waals surface area contributed by atoms with Gasteiger partial charge < -0.3 is 9.52 Å². The van der Waals surface area contributed by atoms with Gasteiger partial charge in [0.15, 0.2) is 0 Å². The molecule has 2 saturated heterocycles. The van der Waals surface area contributed by atoms with Crippen molar-refractivity contribution in [3.8, 4) is 0 Å². The summed E-state index contributed by atoms with van der Waals surface area (Å²) in [6, 6.07) is 0.480. The Morgan fingerprint density at radius 2 is 2.15 bits per heavy atom. The quantitative estimate of drug-likeness (QED) is 0.909. The number of hydrogen-bond acceptors (Lipinski definition) is 5. The largest absolute Gasteiger partial charge is 0.481 e. The van der Waals surface area contributed by atoms with Gasteiger partial charge in [-0.15, -0.1) is 10.2 Å². The molecule has 0 aliphatic carbocycles. The summed E-state index contributed by atoms with van der Waals surface area (Å²) in [5.74, 6) is 0.313. The summed E-state index contributed by atoms with van der Waals surface area (Å²) in [4.78, 5) is 13.5. The summed E-state index contributed by atoms with van der Waals surface area (Å²) >= 11 is 0. The van der Waals surface area contributed by atoms with Gasteiger partial charge in [0.25, 0.3) is 0 Å². The molecule has 2 fully saturated rings. The molecule has 2 aliphatic heterocycles. The number of rotatable bonds is 3. The first-order valence-electron chi connectivity index (χ1n) is 7.17. The fourth-order valence-corrected chi connectivity index (χ4v) is 3.39. The van der Waals surface area contributed by atoms with Crippen molar-refractivity contribution in [2.75, 3.05) is 0 Å². The van der Waals surface area contributed by atoms with E-state index < -0.39 is 5.97 Å². The van der Waals surface area contributed by atoms with Gasteiger partial charge in [-0.1, -0.05) is 20.8 Å². The van der Waals surface area contributed by atoms with Crippen LogP contribution in [0.2, 0.25) is 0 Å². The second-order valence-electron chi connectivity index (χ2n) is 6.90. The Bertz CT molecular complexity index is 520. The Labute approximate surface area is 118 Å². The minimum Gasteiger partial charge on any atom is -0.481 e. The van der Waals surface area contributed by atoms with Gasteiger partial charge in [0.1, 0.15) is 0 Å². The lowest BCUT2D eigenvalue weighted by Crippen LogP contribution is -2.32. The summed E-state index contributed by atoms with van der Waals surface area (Å²) in [5.41, 5.74) is -0.154. The normalized spacial score (nSPS) is 30.1. The number of nitrogens with zero attached hydrogens (tertiary/aromatic N) is 3. The molecule has 1 aromatic rings. The zero-order valence-electron chi connectivity index (χ0n) is 12.2. The van der Waals surface area contributed by atoms with Crippen molar-refractivity contribution in [3.63, 3.8) is 0 Å². The van der Waals surface area contributed by atoms with Crippen molar-refractivity contribution in [3.05, 3.63) is 11.8 Å². The van der Waals surface area contributed by atoms with E-state index in [1.54, 1.807) is 0 Å². The van der Waals surface area contributed by atoms with E-state index in [1.807, 2.05) is 20.8 Å². The van der Waals surface area contributed by atoms with Crippen molar-refractivity contribution >= 4 is 5.97 Å². The highest BCUT2D eigenvalue weighted by Crippen LogP contribution is 2.42. The molecule has 3 heterocycles. The Kier molecular flexibility index (Phi) is 3.08. The summed E-state index contributed by atoms with van der Waals surface area (Å²) in [7, 11) is 0. The van der Waals surface area contributed by atoms with Crippen LogP contribution in [0.15, 0.2) is 4.42 Å². The number of carboxylic acid groups (broad SMARTS) is 1. The van der Waals surface area contributed by atoms with Crippen molar-refractivity contribution < 1.29 is 14.3 Å². The second kappa shape index (κ2) is 4.55. The monoisotopic (exact) mass is 279 g/mol. The molecule has 1 aromatic heterocycles. The molecule has 0 saturated carbocycles. The van der Waals surface area contributed by atoms with Crippen LogP contribution in [0.1, 0.15) is 51.8 Å². The van der Waals surface area contributed by atoms with E-state index in [-0.39, 0.29) is 17.4 Å². The van der Waals surface area contributed by atoms with Gasteiger partial charge in [-0.3, -0.25) is 9.69 Å². The molecule has 2 bridgehead atoms. The molecule has 0 amide bonds. The van der Waals surface area contributed by atoms with Crippen molar-refractivity contribution in [1.29, 1.82) is 0 Å². The molecule has 3 atom stereocenters. The van der Waals surface area contributed by atoms with E-state index in [0.29, 0.717) is 24.4 Å². The topological polar surface area (TPSA) is 79.5 Å². The van der Waals surface area contributed by atoms with Crippen molar-refractivity contribution in [1.82, 2.24) is 15.1 Å². The summed E-state index contributed by atoms with van der Waals surface area (Å²) in [6.45, 7) is 6.67. The number of carbonyl (C=O) groups is 1. The van der Waals surface area contributed by atoms with E-state index in [1.165, 1.54) is 0 Å². The van der Waals surface area contributed by atoms with Crippen molar-refractivity contribution in [2.45, 2.75) is 64.1 Å². The lowest BCUT2D eigenvalue weighted by molar-refractivity contribution is -0.142. The number of aliphatic carboxylic acids is 1. The maximum absolute atomic E-state index is 11.2. The van der Waals surface area contributed by atoms with Crippen LogP contribution in [-0.2, 0) is 16.8 Å². The van der Waals surface area contributed by atoms with Crippen LogP contribution in [0.25, 0.3) is 0 Å². The van der Waals surface area contributed by atoms with E-state index >= 15 is 0 Å². The van der Waals surface area contributed by atoms with Crippen LogP contribution in [0, 0.1) is 5.92 Å². The van der Waals surface area contributed by atoms with Crippen LogP contribution >= 0.6 is 0 Å². The number of carboxylic acids is 1. The fraction of sp³-hybridized carbons (Fsp3) is 0.786. The minimum absolute atomic E-state index is 0.127. The highest BCUT2D eigenvalue weighted by atomic mass is 16.4. The zero-order valence-corrected chi connectivity index (χ0v) is 12.2. The van der Waals surface area contributed by atoms with Gasteiger partial charge in [0, 0.05) is 17.5 Å². The average molecular weight is 279 g/mol. The molecule has 3 rings (SSSR count). The Morgan fingerprint density at radius 3 is 2.70 bits per heavy atom. The number of fused-ring (bicyclic) bond motifs is 2. The number of hydrogen-bond donors (Lipinski definition) is 1. The Hall–Kier alpha value is -1.43. The van der Waals surface area contributed by atoms with Gasteiger partial charge in [0.2, 0.25) is 11.8 Å². The molecule has 0 radical (unpaired) electrons. The maximum Gasteiger partial charge on any atom is 0.308 e. The van der Waals surface area contributed by atoms with Crippen LogP contribution in [0.4, 0.5) is 0 Å². The molecule has 0 aromatic carbocycles. The molecule has 2 aliphatic rings. The molecule has 0 spiro atoms. The standard InChI is InChI=1S/C14H21N3O3/c1-14(2,3)13-16-15-11(20-13)7-17-8-4-5-10(17)9(6-8)12(18)19/h8-10H,4-7H2,1-3H3,(H,18,19). The smallest absolute Gasteiger partial charge is 0.308 e. The average Bonchev–Trinajstić information content (AvgIpc) is 3.04. The predicted octanol–water partition coefficient (Wildman–Crippen LogP) is 1.80. The Morgan fingerprint density at radius 1 is 1.40 bits per heavy atom. The first-order valence-corrected chi connectivity index (χ1v) is 7.17. The van der Waals surface area contributed by atoms with Gasteiger partial charge in [-0.05, 0) is 19.3 Å². The van der Waals surface area contributed by atoms with Gasteiger partial charge in [-0.2, -0.15) is 0 Å². The van der Waals surface area contributed by atoms with Gasteiger partial charge in [0.05, 0.1) is 12.5 Å². The van der Waals surface area contributed by atoms with E-state index in [9.17, 15) is 9.90 Å². The summed E-state index contributed by atoms with van der Waals surface area (Å²) in [6.07, 6.45) is 2.79. The first-order chi connectivity index (χ1) is 9.36. The molecule has 3 unspecified atom stereocenters. The molecule has 110 valence electrons. The third kappa shape index (κ3) is 2.22. The molecule has 6 heteroatoms. The van der Waals surface area contributed by atoms with Crippen LogP contribution < -0.4 is 0 Å². The van der Waals surface area contributed by atoms with Gasteiger partial charge in [-0.25, -0.2) is 0 Å². The zero-order chi connectivity index (χ0) is 14.5. The van der Waals surface area contributed by atoms with Gasteiger partial charge >= 0.3 is 5.97 Å². The summed E-state index contributed by atoms with van der Waals surface area (Å²) in [5, 5.41) is 17.5. The first kappa shape index (κ1) is 13.5. The molecular formula is C14H21N3O3. The SMILES string of the molecule is CC(C)(C)c1nnc(CN2C3CCC2C(C(=O)O)C3)o1. The molecule has 6 nitrogen and oxygen atoms in total. The van der Waals surface area contributed by atoms with Crippen molar-refractivity contribution in [2.24, 2.45) is 5.92 Å². The number of aromatic nitrogens is 2. The van der Waals surface area contributed by atoms with Crippen LogP contribution in [0.5, 0.6) is 0 Å². The third-order valence-electron chi connectivity index (χ3n) is 4.42. The highest BCUT2D eigenvalue weighted by Gasteiger charge is 2.49. The maximum atomic E-state index is 11.2. The third-order valence-corrected chi connectivity index (χ3v) is 4.42. The van der Waals surface area contributed by atoms with Crippen LogP contribution in [-0.4, -0.2) is 38.3 Å². The fourth-order valence-electron chi connectivity index (χ4n) is 3.39. The lowest BCUT2D eigenvalue weighted by atomic mass is 9.89. The predicted molar refractivity (Wildman–Crippen MR) is 71.1 cm³/mol. The minimum atomic E-state index is -0.678. The molecule has 20 heavy (non-hydrogen) atoms. The molecule has 1 N–H and O–H groups in total. The second-order valence-corrected chi connectivity index (χ2v) is 6.90. The summed E-state index contributed by atoms with van der Waals surface area (Å²) < 4.78 is 5.72.